The summed E-state index contributed by atoms with van der Waals surface area (Å²) in [5.41, 5.74) is 0.517. The van der Waals surface area contributed by atoms with Crippen molar-refractivity contribution in [2.75, 3.05) is 20.5 Å². The van der Waals surface area contributed by atoms with Gasteiger partial charge in [-0.25, -0.2) is 13.2 Å². The van der Waals surface area contributed by atoms with Crippen LogP contribution in [0, 0.1) is 0 Å². The van der Waals surface area contributed by atoms with Crippen molar-refractivity contribution in [3.05, 3.63) is 72.0 Å². The van der Waals surface area contributed by atoms with Gasteiger partial charge in [-0.3, -0.25) is 0 Å². The van der Waals surface area contributed by atoms with Crippen LogP contribution >= 0.6 is 0 Å². The van der Waals surface area contributed by atoms with Gasteiger partial charge in [0.2, 0.25) is 5.04 Å². The van der Waals surface area contributed by atoms with E-state index in [9.17, 15) is 13.2 Å². The number of carbonyl (C=O) groups is 1. The Morgan fingerprint density at radius 2 is 1.56 bits per heavy atom. The van der Waals surface area contributed by atoms with E-state index in [0.717, 1.165) is 6.26 Å². The minimum atomic E-state index is -3.79. The summed E-state index contributed by atoms with van der Waals surface area (Å²) in [7, 11) is -1.20. The molecule has 0 saturated heterocycles. The van der Waals surface area contributed by atoms with Crippen LogP contribution in [0.25, 0.3) is 5.57 Å². The van der Waals surface area contributed by atoms with Gasteiger partial charge < -0.3 is 14.3 Å². The van der Waals surface area contributed by atoms with Crippen molar-refractivity contribution in [1.29, 1.82) is 0 Å². The van der Waals surface area contributed by atoms with Crippen LogP contribution in [0.5, 0.6) is 5.75 Å². The summed E-state index contributed by atoms with van der Waals surface area (Å²) in [5.74, 6) is -0.308. The zero-order valence-electron chi connectivity index (χ0n) is 15.1. The minimum absolute atomic E-state index is 0.0478. The van der Waals surface area contributed by atoms with E-state index in [0.29, 0.717) is 5.75 Å². The highest BCUT2D eigenvalue weighted by atomic mass is 32.2. The second-order valence-corrected chi connectivity index (χ2v) is 7.31. The third-order valence-electron chi connectivity index (χ3n) is 3.42. The highest BCUT2D eigenvalue weighted by Crippen LogP contribution is 2.23. The number of nitrogens with zero attached hydrogens (tertiary/aromatic N) is 1. The maximum Gasteiger partial charge on any atom is 0.341 e. The lowest BCUT2D eigenvalue weighted by atomic mass is 10.0. The smallest absolute Gasteiger partial charge is 0.341 e. The molecule has 0 aliphatic carbocycles. The van der Waals surface area contributed by atoms with E-state index in [-0.39, 0.29) is 21.7 Å². The molecule has 2 aromatic carbocycles. The lowest BCUT2D eigenvalue weighted by Crippen LogP contribution is -2.19. The van der Waals surface area contributed by atoms with Gasteiger partial charge in [-0.15, -0.1) is 0 Å². The number of ether oxygens (including phenoxy) is 2. The van der Waals surface area contributed by atoms with Crippen molar-refractivity contribution in [3.8, 4) is 5.75 Å². The average Bonchev–Trinajstić information content (AvgIpc) is 2.66. The number of rotatable bonds is 6. The zero-order valence-corrected chi connectivity index (χ0v) is 15.9. The second-order valence-electron chi connectivity index (χ2n) is 5.38. The number of sulfone groups is 1. The summed E-state index contributed by atoms with van der Waals surface area (Å²) in [4.78, 5) is 17.4. The molecule has 27 heavy (non-hydrogen) atoms. The monoisotopic (exact) mass is 389 g/mol. The summed E-state index contributed by atoms with van der Waals surface area (Å²) in [6.07, 6.45) is 2.19. The Balaban J connectivity index is 2.61. The molecule has 0 N–H and O–H groups in total. The van der Waals surface area contributed by atoms with E-state index in [1.54, 1.807) is 48.5 Å². The van der Waals surface area contributed by atoms with Crippen LogP contribution in [0.4, 0.5) is 0 Å². The first-order valence-corrected chi connectivity index (χ1v) is 9.68. The Morgan fingerprint density at radius 1 is 0.963 bits per heavy atom. The Kier molecular flexibility index (Phi) is 6.73. The van der Waals surface area contributed by atoms with Gasteiger partial charge in [-0.1, -0.05) is 47.6 Å². The Bertz CT molecular complexity index is 965. The van der Waals surface area contributed by atoms with E-state index in [4.69, 9.17) is 14.3 Å². The van der Waals surface area contributed by atoms with E-state index in [1.165, 1.54) is 26.5 Å². The Hall–Kier alpha value is -3.13. The molecule has 0 aromatic heterocycles. The highest BCUT2D eigenvalue weighted by molar-refractivity contribution is 8.06. The van der Waals surface area contributed by atoms with Gasteiger partial charge in [0.1, 0.15) is 5.57 Å². The molecule has 0 spiro atoms. The number of hydrogen-bond acceptors (Lipinski definition) is 7. The van der Waals surface area contributed by atoms with E-state index >= 15 is 0 Å². The molecule has 7 nitrogen and oxygen atoms in total. The predicted molar refractivity (Wildman–Crippen MR) is 102 cm³/mol. The molecule has 0 heterocycles. The maximum absolute atomic E-state index is 12.3. The summed E-state index contributed by atoms with van der Waals surface area (Å²) in [6, 6.07) is 14.9. The first kappa shape index (κ1) is 20.2. The number of carbonyl (C=O) groups excluding carboxylic acids is 1. The standard InChI is InChI=1S/C19H19NO6S/c1-24-13-17(19(21)25-2)15-11-7-8-12-16(15)18(27(3,22)23)20-26-14-9-5-4-6-10-14/h4-13H,1-3H3. The summed E-state index contributed by atoms with van der Waals surface area (Å²) < 4.78 is 34.4. The second kappa shape index (κ2) is 9.00. The van der Waals surface area contributed by atoms with E-state index < -0.39 is 15.8 Å². The van der Waals surface area contributed by atoms with Crippen LogP contribution in [0.2, 0.25) is 0 Å². The molecular weight excluding hydrogens is 370 g/mol. The van der Waals surface area contributed by atoms with Crippen LogP contribution in [0.3, 0.4) is 0 Å². The Morgan fingerprint density at radius 3 is 2.11 bits per heavy atom. The molecule has 142 valence electrons. The lowest BCUT2D eigenvalue weighted by Gasteiger charge is -2.12. The van der Waals surface area contributed by atoms with Gasteiger partial charge in [0.25, 0.3) is 0 Å². The third-order valence-corrected chi connectivity index (χ3v) is 4.41. The molecule has 0 aliphatic heterocycles. The van der Waals surface area contributed by atoms with Gasteiger partial charge >= 0.3 is 5.97 Å². The first-order chi connectivity index (χ1) is 12.9. The molecule has 0 atom stereocenters. The fourth-order valence-electron chi connectivity index (χ4n) is 2.25. The molecule has 0 radical (unpaired) electrons. The first-order valence-electron chi connectivity index (χ1n) is 7.79. The van der Waals surface area contributed by atoms with Crippen LogP contribution in [-0.2, 0) is 24.1 Å². The van der Waals surface area contributed by atoms with Crippen LogP contribution in [0.1, 0.15) is 11.1 Å². The lowest BCUT2D eigenvalue weighted by molar-refractivity contribution is -0.133. The summed E-state index contributed by atoms with van der Waals surface area (Å²) in [5, 5.41) is 3.51. The molecular formula is C19H19NO6S. The normalized spacial score (nSPS) is 12.4. The summed E-state index contributed by atoms with van der Waals surface area (Å²) >= 11 is 0. The number of hydrogen-bond donors (Lipinski definition) is 0. The van der Waals surface area contributed by atoms with E-state index in [2.05, 4.69) is 5.16 Å². The fourth-order valence-corrected chi connectivity index (χ4v) is 3.00. The number of esters is 1. The van der Waals surface area contributed by atoms with Crippen molar-refractivity contribution in [2.24, 2.45) is 5.16 Å². The minimum Gasteiger partial charge on any atom is -0.503 e. The predicted octanol–water partition coefficient (Wildman–Crippen LogP) is 2.63. The molecule has 0 unspecified atom stereocenters. The number of methoxy groups -OCH3 is 2. The number of para-hydroxylation sites is 1. The molecule has 2 rings (SSSR count). The van der Waals surface area contributed by atoms with Crippen LogP contribution in [0.15, 0.2) is 66.0 Å². The van der Waals surface area contributed by atoms with Gasteiger partial charge in [-0.2, -0.15) is 0 Å². The molecule has 8 heteroatoms. The van der Waals surface area contributed by atoms with Crippen molar-refractivity contribution in [3.63, 3.8) is 0 Å². The SMILES string of the molecule is COC=C(C(=O)OC)c1ccccc1C(=NOc1ccccc1)S(C)(=O)=O. The maximum atomic E-state index is 12.3. The Labute approximate surface area is 157 Å². The molecule has 0 amide bonds. The van der Waals surface area contributed by atoms with Crippen LogP contribution in [-0.4, -0.2) is 39.9 Å². The van der Waals surface area contributed by atoms with Crippen molar-refractivity contribution in [2.45, 2.75) is 0 Å². The van der Waals surface area contributed by atoms with Gasteiger partial charge in [0.15, 0.2) is 15.6 Å². The van der Waals surface area contributed by atoms with E-state index in [1.807, 2.05) is 0 Å². The van der Waals surface area contributed by atoms with Gasteiger partial charge in [-0.05, 0) is 12.1 Å². The largest absolute Gasteiger partial charge is 0.503 e. The van der Waals surface area contributed by atoms with Crippen molar-refractivity contribution >= 4 is 26.4 Å². The van der Waals surface area contributed by atoms with Crippen molar-refractivity contribution in [1.82, 2.24) is 0 Å². The fraction of sp³-hybridized carbons (Fsp3) is 0.158. The zero-order chi connectivity index (χ0) is 19.9. The third kappa shape index (κ3) is 5.18. The topological polar surface area (TPSA) is 91.3 Å². The number of oxime groups is 1. The van der Waals surface area contributed by atoms with Crippen LogP contribution < -0.4 is 4.84 Å². The molecule has 0 bridgehead atoms. The number of benzene rings is 2. The summed E-state index contributed by atoms with van der Waals surface area (Å²) in [6.45, 7) is 0. The quantitative estimate of drug-likeness (QED) is 0.188. The van der Waals surface area contributed by atoms with Gasteiger partial charge in [0, 0.05) is 17.4 Å². The molecule has 2 aromatic rings. The van der Waals surface area contributed by atoms with Gasteiger partial charge in [0.05, 0.1) is 20.5 Å². The molecule has 0 fully saturated rings. The average molecular weight is 389 g/mol. The highest BCUT2D eigenvalue weighted by Gasteiger charge is 2.25. The molecule has 0 aliphatic rings. The van der Waals surface area contributed by atoms with Crippen molar-refractivity contribution < 1.29 is 27.5 Å². The molecule has 0 saturated carbocycles.